The Morgan fingerprint density at radius 2 is 1.91 bits per heavy atom. The molecule has 0 saturated carbocycles. The molecule has 5 rings (SSSR count). The zero-order chi connectivity index (χ0) is 22.4. The van der Waals surface area contributed by atoms with Gasteiger partial charge in [0.2, 0.25) is 12.7 Å². The molecule has 164 valence electrons. The van der Waals surface area contributed by atoms with Gasteiger partial charge in [-0.2, -0.15) is 0 Å². The van der Waals surface area contributed by atoms with E-state index in [1.165, 1.54) is 40.8 Å². The fraction of sp³-hybridized carbons (Fsp3) is 0.227. The maximum absolute atomic E-state index is 13.5. The predicted molar refractivity (Wildman–Crippen MR) is 113 cm³/mol. The highest BCUT2D eigenvalue weighted by Gasteiger charge is 2.39. The Morgan fingerprint density at radius 1 is 1.16 bits per heavy atom. The number of hydrogen-bond donors (Lipinski definition) is 0. The number of rotatable bonds is 4. The lowest BCUT2D eigenvalue weighted by atomic mass is 9.90. The number of carbonyl (C=O) groups excluding carboxylic acids is 2. The fourth-order valence-corrected chi connectivity index (χ4v) is 5.04. The molecule has 0 saturated heterocycles. The molecule has 2 aromatic carbocycles. The SMILES string of the molecule is COC(=O)Cn1c2c(sc1=O)[C@H](c1ccc3c(c1)OCO3)CC(=O)N2c1ccc(F)cc1. The number of anilines is 2. The monoisotopic (exact) mass is 456 g/mol. The van der Waals surface area contributed by atoms with Crippen LogP contribution in [0.5, 0.6) is 11.5 Å². The number of ether oxygens (including phenoxy) is 3. The number of benzene rings is 2. The van der Waals surface area contributed by atoms with E-state index < -0.39 is 22.6 Å². The lowest BCUT2D eigenvalue weighted by Gasteiger charge is -2.32. The highest BCUT2D eigenvalue weighted by atomic mass is 32.1. The molecule has 0 unspecified atom stereocenters. The number of carbonyl (C=O) groups is 2. The van der Waals surface area contributed by atoms with Crippen molar-refractivity contribution in [2.75, 3.05) is 18.8 Å². The Hall–Kier alpha value is -3.66. The van der Waals surface area contributed by atoms with Crippen LogP contribution in [-0.2, 0) is 20.9 Å². The molecule has 2 aliphatic heterocycles. The number of aromatic nitrogens is 1. The van der Waals surface area contributed by atoms with Crippen LogP contribution in [0.25, 0.3) is 0 Å². The second kappa shape index (κ2) is 7.79. The fourth-order valence-electron chi connectivity index (χ4n) is 3.94. The summed E-state index contributed by atoms with van der Waals surface area (Å²) in [5.74, 6) is -0.308. The van der Waals surface area contributed by atoms with Crippen LogP contribution in [0, 0.1) is 5.82 Å². The third-order valence-electron chi connectivity index (χ3n) is 5.45. The summed E-state index contributed by atoms with van der Waals surface area (Å²) < 4.78 is 30.3. The van der Waals surface area contributed by atoms with E-state index >= 15 is 0 Å². The van der Waals surface area contributed by atoms with Crippen LogP contribution in [0.2, 0.25) is 0 Å². The first-order valence-electron chi connectivity index (χ1n) is 9.74. The highest BCUT2D eigenvalue weighted by Crippen LogP contribution is 2.46. The van der Waals surface area contributed by atoms with E-state index in [1.807, 2.05) is 6.07 Å². The Balaban J connectivity index is 1.67. The molecule has 32 heavy (non-hydrogen) atoms. The zero-order valence-electron chi connectivity index (χ0n) is 16.9. The van der Waals surface area contributed by atoms with E-state index in [-0.39, 0.29) is 31.5 Å². The number of methoxy groups -OCH3 is 1. The number of amides is 1. The van der Waals surface area contributed by atoms with Gasteiger partial charge in [-0.3, -0.25) is 23.9 Å². The van der Waals surface area contributed by atoms with Gasteiger partial charge in [0.1, 0.15) is 18.2 Å². The van der Waals surface area contributed by atoms with Crippen LogP contribution < -0.4 is 19.2 Å². The molecular formula is C22H17FN2O6S. The summed E-state index contributed by atoms with van der Waals surface area (Å²) in [7, 11) is 1.23. The van der Waals surface area contributed by atoms with Gasteiger partial charge in [0.15, 0.2) is 11.5 Å². The number of halogens is 1. The molecule has 0 spiro atoms. The minimum absolute atomic E-state index is 0.0855. The van der Waals surface area contributed by atoms with Gasteiger partial charge in [-0.15, -0.1) is 0 Å². The first-order valence-corrected chi connectivity index (χ1v) is 10.6. The van der Waals surface area contributed by atoms with Crippen molar-refractivity contribution in [1.82, 2.24) is 4.57 Å². The van der Waals surface area contributed by atoms with E-state index in [2.05, 4.69) is 0 Å². The van der Waals surface area contributed by atoms with Crippen molar-refractivity contribution in [3.05, 3.63) is 68.4 Å². The Morgan fingerprint density at radius 3 is 2.66 bits per heavy atom. The third-order valence-corrected chi connectivity index (χ3v) is 6.53. The van der Waals surface area contributed by atoms with Crippen LogP contribution in [0.4, 0.5) is 15.9 Å². The van der Waals surface area contributed by atoms with Crippen LogP contribution in [0.3, 0.4) is 0 Å². The average molecular weight is 456 g/mol. The van der Waals surface area contributed by atoms with Crippen LogP contribution in [0.1, 0.15) is 22.8 Å². The number of esters is 1. The zero-order valence-corrected chi connectivity index (χ0v) is 17.7. The number of hydrogen-bond acceptors (Lipinski definition) is 7. The summed E-state index contributed by atoms with van der Waals surface area (Å²) in [6.07, 6.45) is 0.0855. The van der Waals surface area contributed by atoms with Gasteiger partial charge in [0, 0.05) is 12.3 Å². The smallest absolute Gasteiger partial charge is 0.325 e. The summed E-state index contributed by atoms with van der Waals surface area (Å²) in [5, 5.41) is 0. The predicted octanol–water partition coefficient (Wildman–Crippen LogP) is 3.15. The summed E-state index contributed by atoms with van der Waals surface area (Å²) in [6.45, 7) is -0.227. The average Bonchev–Trinajstić information content (AvgIpc) is 3.38. The summed E-state index contributed by atoms with van der Waals surface area (Å²) in [4.78, 5) is 39.8. The molecule has 0 N–H and O–H groups in total. The van der Waals surface area contributed by atoms with Gasteiger partial charge in [0.25, 0.3) is 0 Å². The Bertz CT molecular complexity index is 1280. The van der Waals surface area contributed by atoms with Crippen molar-refractivity contribution in [1.29, 1.82) is 0 Å². The van der Waals surface area contributed by atoms with Gasteiger partial charge in [-0.1, -0.05) is 17.4 Å². The number of fused-ring (bicyclic) bond motifs is 2. The van der Waals surface area contributed by atoms with Crippen LogP contribution in [0.15, 0.2) is 47.3 Å². The maximum Gasteiger partial charge on any atom is 0.325 e. The molecule has 3 aromatic rings. The van der Waals surface area contributed by atoms with Gasteiger partial charge in [-0.25, -0.2) is 4.39 Å². The molecule has 2 aliphatic rings. The quantitative estimate of drug-likeness (QED) is 0.561. The number of thiazole rings is 1. The van der Waals surface area contributed by atoms with Crippen molar-refractivity contribution >= 4 is 34.7 Å². The van der Waals surface area contributed by atoms with Gasteiger partial charge >= 0.3 is 10.8 Å². The molecule has 3 heterocycles. The van der Waals surface area contributed by atoms with E-state index in [0.717, 1.165) is 16.9 Å². The lowest BCUT2D eigenvalue weighted by molar-refractivity contribution is -0.141. The van der Waals surface area contributed by atoms with Crippen molar-refractivity contribution in [3.8, 4) is 11.5 Å². The van der Waals surface area contributed by atoms with E-state index in [1.54, 1.807) is 12.1 Å². The van der Waals surface area contributed by atoms with E-state index in [9.17, 15) is 18.8 Å². The molecule has 0 aliphatic carbocycles. The van der Waals surface area contributed by atoms with Gasteiger partial charge in [0.05, 0.1) is 17.7 Å². The van der Waals surface area contributed by atoms with Crippen LogP contribution in [-0.4, -0.2) is 30.3 Å². The topological polar surface area (TPSA) is 87.1 Å². The van der Waals surface area contributed by atoms with Crippen molar-refractivity contribution in [2.45, 2.75) is 18.9 Å². The second-order valence-electron chi connectivity index (χ2n) is 7.29. The molecule has 8 nitrogen and oxygen atoms in total. The maximum atomic E-state index is 13.5. The van der Waals surface area contributed by atoms with Gasteiger partial charge < -0.3 is 14.2 Å². The van der Waals surface area contributed by atoms with E-state index in [0.29, 0.717) is 22.1 Å². The first kappa shape index (κ1) is 20.3. The van der Waals surface area contributed by atoms with Crippen molar-refractivity contribution in [2.24, 2.45) is 0 Å². The number of nitrogens with zero attached hydrogens (tertiary/aromatic N) is 2. The molecule has 0 fully saturated rings. The standard InChI is InChI=1S/C22H17FN2O6S/c1-29-19(27)10-24-21-20(32-22(24)28)15(12-2-7-16-17(8-12)31-11-30-16)9-18(26)25(21)14-5-3-13(23)4-6-14/h2-8,15H,9-11H2,1H3/t15-/m0/s1. The molecule has 10 heteroatoms. The largest absolute Gasteiger partial charge is 0.468 e. The summed E-state index contributed by atoms with van der Waals surface area (Å²) >= 11 is 0.969. The summed E-state index contributed by atoms with van der Waals surface area (Å²) in [5.41, 5.74) is 1.19. The van der Waals surface area contributed by atoms with E-state index in [4.69, 9.17) is 14.2 Å². The molecule has 0 bridgehead atoms. The second-order valence-corrected chi connectivity index (χ2v) is 8.29. The van der Waals surface area contributed by atoms with Crippen molar-refractivity contribution in [3.63, 3.8) is 0 Å². The molecule has 1 atom stereocenters. The molecule has 1 aromatic heterocycles. The lowest BCUT2D eigenvalue weighted by Crippen LogP contribution is -2.36. The molecule has 1 amide bonds. The molecule has 0 radical (unpaired) electrons. The highest BCUT2D eigenvalue weighted by molar-refractivity contribution is 7.10. The normalized spacial score (nSPS) is 16.8. The molecular weight excluding hydrogens is 439 g/mol. The Labute approximate surface area is 185 Å². The first-order chi connectivity index (χ1) is 15.5. The van der Waals surface area contributed by atoms with Crippen molar-refractivity contribution < 1.29 is 28.2 Å². The minimum atomic E-state index is -0.621. The summed E-state index contributed by atoms with van der Waals surface area (Å²) in [6, 6.07) is 10.8. The minimum Gasteiger partial charge on any atom is -0.468 e. The van der Waals surface area contributed by atoms with Crippen LogP contribution >= 0.6 is 11.3 Å². The Kier molecular flexibility index (Phi) is 4.93. The van der Waals surface area contributed by atoms with Gasteiger partial charge in [-0.05, 0) is 42.0 Å². The third kappa shape index (κ3) is 3.32.